The molecule has 0 spiro atoms. The highest BCUT2D eigenvalue weighted by atomic mass is 32.2. The van der Waals surface area contributed by atoms with E-state index in [2.05, 4.69) is 10.0 Å². The summed E-state index contributed by atoms with van der Waals surface area (Å²) in [5.41, 5.74) is 0. The molecular formula is C8H17FN2O2S. The minimum atomic E-state index is -3.35. The summed E-state index contributed by atoms with van der Waals surface area (Å²) in [4.78, 5) is 0. The molecule has 1 aliphatic heterocycles. The van der Waals surface area contributed by atoms with Crippen molar-refractivity contribution in [1.82, 2.24) is 10.0 Å². The van der Waals surface area contributed by atoms with Gasteiger partial charge in [-0.2, -0.15) is 0 Å². The molecule has 1 fully saturated rings. The van der Waals surface area contributed by atoms with Crippen molar-refractivity contribution >= 4 is 10.0 Å². The lowest BCUT2D eigenvalue weighted by Crippen LogP contribution is -2.52. The summed E-state index contributed by atoms with van der Waals surface area (Å²) in [6.07, 6.45) is -0.620. The zero-order chi connectivity index (χ0) is 10.8. The van der Waals surface area contributed by atoms with Crippen LogP contribution in [-0.4, -0.2) is 39.0 Å². The summed E-state index contributed by atoms with van der Waals surface area (Å²) in [5, 5.41) is 2.36. The number of alkyl halides is 1. The van der Waals surface area contributed by atoms with Gasteiger partial charge in [0.25, 0.3) is 0 Å². The molecule has 84 valence electrons. The Bertz CT molecular complexity index is 279. The summed E-state index contributed by atoms with van der Waals surface area (Å²) in [7, 11) is -3.35. The number of hydrogen-bond acceptors (Lipinski definition) is 3. The van der Waals surface area contributed by atoms with Gasteiger partial charge in [-0.15, -0.1) is 0 Å². The molecule has 2 N–H and O–H groups in total. The number of piperidine rings is 1. The Balaban J connectivity index is 2.58. The summed E-state index contributed by atoms with van der Waals surface area (Å²) in [6, 6.07) is -0.566. The van der Waals surface area contributed by atoms with Crippen LogP contribution in [0.1, 0.15) is 20.3 Å². The van der Waals surface area contributed by atoms with E-state index in [0.717, 1.165) is 0 Å². The average molecular weight is 224 g/mol. The van der Waals surface area contributed by atoms with E-state index < -0.39 is 27.5 Å². The summed E-state index contributed by atoms with van der Waals surface area (Å²) < 4.78 is 38.5. The SMILES string of the molecule is CC(C)S(=O)(=O)NC1CCNCC1F. The van der Waals surface area contributed by atoms with Gasteiger partial charge in [-0.3, -0.25) is 0 Å². The predicted molar refractivity (Wildman–Crippen MR) is 53.4 cm³/mol. The van der Waals surface area contributed by atoms with Crippen LogP contribution >= 0.6 is 0 Å². The van der Waals surface area contributed by atoms with E-state index in [9.17, 15) is 12.8 Å². The van der Waals surface area contributed by atoms with Crippen LogP contribution in [0, 0.1) is 0 Å². The first-order chi connectivity index (χ1) is 6.43. The standard InChI is InChI=1S/C8H17FN2O2S/c1-6(2)14(12,13)11-8-3-4-10-5-7(8)9/h6-8,10-11H,3-5H2,1-2H3. The highest BCUT2D eigenvalue weighted by Gasteiger charge is 2.29. The summed E-state index contributed by atoms with van der Waals surface area (Å²) in [5.74, 6) is 0. The zero-order valence-electron chi connectivity index (χ0n) is 8.46. The fourth-order valence-corrected chi connectivity index (χ4v) is 2.26. The Morgan fingerprint density at radius 1 is 1.50 bits per heavy atom. The molecule has 1 saturated heterocycles. The lowest BCUT2D eigenvalue weighted by Gasteiger charge is -2.27. The van der Waals surface area contributed by atoms with Crippen molar-refractivity contribution in [3.63, 3.8) is 0 Å². The van der Waals surface area contributed by atoms with Gasteiger partial charge in [-0.25, -0.2) is 17.5 Å². The van der Waals surface area contributed by atoms with Crippen molar-refractivity contribution < 1.29 is 12.8 Å². The molecule has 2 atom stereocenters. The highest BCUT2D eigenvalue weighted by molar-refractivity contribution is 7.90. The van der Waals surface area contributed by atoms with E-state index in [1.54, 1.807) is 13.8 Å². The summed E-state index contributed by atoms with van der Waals surface area (Å²) in [6.45, 7) is 4.05. The molecule has 0 amide bonds. The minimum Gasteiger partial charge on any atom is -0.314 e. The maximum atomic E-state index is 13.3. The van der Waals surface area contributed by atoms with Crippen LogP contribution in [-0.2, 0) is 10.0 Å². The largest absolute Gasteiger partial charge is 0.314 e. The Labute approximate surface area is 84.3 Å². The summed E-state index contributed by atoms with van der Waals surface area (Å²) >= 11 is 0. The van der Waals surface area contributed by atoms with Gasteiger partial charge in [0, 0.05) is 6.54 Å². The second-order valence-corrected chi connectivity index (χ2v) is 6.10. The monoisotopic (exact) mass is 224 g/mol. The van der Waals surface area contributed by atoms with Gasteiger partial charge < -0.3 is 5.32 Å². The Morgan fingerprint density at radius 2 is 2.14 bits per heavy atom. The van der Waals surface area contributed by atoms with Gasteiger partial charge in [0.2, 0.25) is 10.0 Å². The van der Waals surface area contributed by atoms with Gasteiger partial charge >= 0.3 is 0 Å². The second-order valence-electron chi connectivity index (χ2n) is 3.83. The van der Waals surface area contributed by atoms with Crippen molar-refractivity contribution in [2.45, 2.75) is 37.7 Å². The van der Waals surface area contributed by atoms with Crippen molar-refractivity contribution in [2.24, 2.45) is 0 Å². The van der Waals surface area contributed by atoms with Crippen LogP contribution in [0.25, 0.3) is 0 Å². The topological polar surface area (TPSA) is 58.2 Å². The van der Waals surface area contributed by atoms with E-state index >= 15 is 0 Å². The van der Waals surface area contributed by atoms with Crippen LogP contribution in [0.4, 0.5) is 4.39 Å². The third-order valence-corrected chi connectivity index (χ3v) is 4.22. The van der Waals surface area contributed by atoms with Crippen LogP contribution in [0.5, 0.6) is 0 Å². The van der Waals surface area contributed by atoms with E-state index in [-0.39, 0.29) is 6.54 Å². The first-order valence-electron chi connectivity index (χ1n) is 4.79. The molecule has 1 heterocycles. The number of rotatable bonds is 3. The molecule has 0 aromatic rings. The number of nitrogens with one attached hydrogen (secondary N) is 2. The molecular weight excluding hydrogens is 207 g/mol. The third kappa shape index (κ3) is 2.90. The molecule has 0 saturated carbocycles. The fraction of sp³-hybridized carbons (Fsp3) is 1.00. The number of sulfonamides is 1. The van der Waals surface area contributed by atoms with Gasteiger partial charge in [-0.05, 0) is 26.8 Å². The number of halogens is 1. The molecule has 14 heavy (non-hydrogen) atoms. The maximum absolute atomic E-state index is 13.3. The smallest absolute Gasteiger partial charge is 0.214 e. The molecule has 1 rings (SSSR count). The van der Waals surface area contributed by atoms with Gasteiger partial charge in [0.1, 0.15) is 6.17 Å². The molecule has 1 aliphatic rings. The van der Waals surface area contributed by atoms with Crippen molar-refractivity contribution in [2.75, 3.05) is 13.1 Å². The van der Waals surface area contributed by atoms with E-state index in [1.165, 1.54) is 0 Å². The Morgan fingerprint density at radius 3 is 2.64 bits per heavy atom. The van der Waals surface area contributed by atoms with Crippen LogP contribution in [0.3, 0.4) is 0 Å². The molecule has 0 bridgehead atoms. The van der Waals surface area contributed by atoms with Gasteiger partial charge in [-0.1, -0.05) is 0 Å². The van der Waals surface area contributed by atoms with Crippen molar-refractivity contribution in [3.05, 3.63) is 0 Å². The molecule has 0 aromatic heterocycles. The predicted octanol–water partition coefficient (Wildman–Crippen LogP) is 0.0142. The van der Waals surface area contributed by atoms with E-state index in [4.69, 9.17) is 0 Å². The molecule has 0 aliphatic carbocycles. The third-order valence-electron chi connectivity index (χ3n) is 2.34. The number of hydrogen-bond donors (Lipinski definition) is 2. The van der Waals surface area contributed by atoms with Gasteiger partial charge in [0.15, 0.2) is 0 Å². The van der Waals surface area contributed by atoms with Crippen LogP contribution in [0.2, 0.25) is 0 Å². The average Bonchev–Trinajstić information content (AvgIpc) is 2.08. The minimum absolute atomic E-state index is 0.227. The quantitative estimate of drug-likeness (QED) is 0.710. The normalized spacial score (nSPS) is 29.4. The first kappa shape index (κ1) is 11.9. The van der Waals surface area contributed by atoms with Gasteiger partial charge in [0.05, 0.1) is 11.3 Å². The highest BCUT2D eigenvalue weighted by Crippen LogP contribution is 2.10. The molecule has 2 unspecified atom stereocenters. The van der Waals surface area contributed by atoms with Crippen molar-refractivity contribution in [3.8, 4) is 0 Å². The van der Waals surface area contributed by atoms with Crippen LogP contribution < -0.4 is 10.0 Å². The first-order valence-corrected chi connectivity index (χ1v) is 6.34. The molecule has 4 nitrogen and oxygen atoms in total. The van der Waals surface area contributed by atoms with Crippen molar-refractivity contribution in [1.29, 1.82) is 0 Å². The maximum Gasteiger partial charge on any atom is 0.214 e. The lowest BCUT2D eigenvalue weighted by molar-refractivity contribution is 0.221. The molecule has 0 radical (unpaired) electrons. The Kier molecular flexibility index (Phi) is 3.86. The van der Waals surface area contributed by atoms with E-state index in [0.29, 0.717) is 13.0 Å². The Hall–Kier alpha value is -0.200. The second kappa shape index (κ2) is 4.55. The van der Waals surface area contributed by atoms with Crippen LogP contribution in [0.15, 0.2) is 0 Å². The molecule has 0 aromatic carbocycles. The lowest BCUT2D eigenvalue weighted by atomic mass is 10.1. The zero-order valence-corrected chi connectivity index (χ0v) is 9.27. The molecule has 6 heteroatoms. The van der Waals surface area contributed by atoms with E-state index in [1.807, 2.05) is 0 Å². The fourth-order valence-electron chi connectivity index (χ4n) is 1.30.